The van der Waals surface area contributed by atoms with Gasteiger partial charge in [0.25, 0.3) is 5.91 Å². The molecule has 2 unspecified atom stereocenters. The molecule has 1 fully saturated rings. The molecule has 0 radical (unpaired) electrons. The maximum absolute atomic E-state index is 13.9. The number of carbonyl (C=O) groups is 1. The Kier molecular flexibility index (Phi) is 7.81. The van der Waals surface area contributed by atoms with Crippen molar-refractivity contribution in [1.29, 1.82) is 0 Å². The Hall–Kier alpha value is -4.28. The number of anilines is 4. The first-order valence-corrected chi connectivity index (χ1v) is 13.1. The van der Waals surface area contributed by atoms with Crippen molar-refractivity contribution < 1.29 is 27.4 Å². The highest BCUT2D eigenvalue weighted by atomic mass is 19.4. The van der Waals surface area contributed by atoms with E-state index in [0.29, 0.717) is 41.8 Å². The summed E-state index contributed by atoms with van der Waals surface area (Å²) in [5, 5.41) is 8.20. The topological polar surface area (TPSA) is 97.4 Å². The average Bonchev–Trinajstić information content (AvgIpc) is 3.70. The summed E-state index contributed by atoms with van der Waals surface area (Å²) in [6.45, 7) is 0.411. The Morgan fingerprint density at radius 2 is 2.00 bits per heavy atom. The average molecular weight is 554 g/mol. The lowest BCUT2D eigenvalue weighted by molar-refractivity contribution is -0.137. The fourth-order valence-electron chi connectivity index (χ4n) is 4.81. The van der Waals surface area contributed by atoms with Crippen molar-refractivity contribution in [2.75, 3.05) is 31.4 Å². The summed E-state index contributed by atoms with van der Waals surface area (Å²) < 4.78 is 53.3. The van der Waals surface area contributed by atoms with Crippen molar-refractivity contribution in [3.8, 4) is 11.5 Å². The number of hydrogen-bond acceptors (Lipinski definition) is 7. The standard InChI is InChI=1S/C29H30F3N5O3/c1-33-27(38)21-11-9-19-15-24(21)36-26-23(29(30,31)32)16-34-28(37-26)35-18-8-10-20(25(14-18)39-2)22-13-17(22)7-5-3-4-6-12-40-19/h3,5,8-11,14-17,22H,4,6-7,12-13H2,1-2H3,(H,33,38)(H2,34,35,36,37)/b5-3+. The van der Waals surface area contributed by atoms with Crippen LogP contribution < -0.4 is 25.4 Å². The van der Waals surface area contributed by atoms with Crippen LogP contribution >= 0.6 is 0 Å². The van der Waals surface area contributed by atoms with Crippen molar-refractivity contribution in [3.05, 3.63) is 71.4 Å². The molecule has 2 atom stereocenters. The van der Waals surface area contributed by atoms with E-state index in [1.807, 2.05) is 12.1 Å². The van der Waals surface area contributed by atoms with Crippen molar-refractivity contribution in [1.82, 2.24) is 15.3 Å². The molecule has 8 nitrogen and oxygen atoms in total. The lowest BCUT2D eigenvalue weighted by atomic mass is 10.1. The number of hydrogen-bond donors (Lipinski definition) is 3. The number of amides is 1. The fourth-order valence-corrected chi connectivity index (χ4v) is 4.81. The Morgan fingerprint density at radius 3 is 2.77 bits per heavy atom. The highest BCUT2D eigenvalue weighted by Crippen LogP contribution is 2.52. The minimum atomic E-state index is -4.74. The molecule has 3 aliphatic rings. The minimum absolute atomic E-state index is 0.0560. The lowest BCUT2D eigenvalue weighted by Gasteiger charge is -2.18. The SMILES string of the molecule is CNC(=O)c1ccc2cc1Nc1nc(ncc1C(F)(F)F)Nc1ccc(c(OC)c1)C1CC1C/C=C/CCCO2. The van der Waals surface area contributed by atoms with Crippen LogP contribution in [0, 0.1) is 5.92 Å². The zero-order valence-electron chi connectivity index (χ0n) is 22.1. The highest BCUT2D eigenvalue weighted by Gasteiger charge is 2.39. The van der Waals surface area contributed by atoms with Crippen LogP contribution in [0.2, 0.25) is 0 Å². The van der Waals surface area contributed by atoms with E-state index in [0.717, 1.165) is 31.2 Å². The van der Waals surface area contributed by atoms with Crippen molar-refractivity contribution >= 4 is 29.0 Å². The summed E-state index contributed by atoms with van der Waals surface area (Å²) in [5.74, 6) is 1.01. The predicted octanol–water partition coefficient (Wildman–Crippen LogP) is 6.57. The van der Waals surface area contributed by atoms with Crippen LogP contribution in [-0.4, -0.2) is 36.6 Å². The van der Waals surface area contributed by atoms with Gasteiger partial charge in [-0.15, -0.1) is 0 Å². The first-order chi connectivity index (χ1) is 19.3. The zero-order chi connectivity index (χ0) is 28.3. The normalized spacial score (nSPS) is 19.5. The van der Waals surface area contributed by atoms with E-state index < -0.39 is 23.5 Å². The smallest absolute Gasteiger partial charge is 0.421 e. The molecule has 6 bridgehead atoms. The molecule has 0 saturated heterocycles. The molecule has 1 saturated carbocycles. The van der Waals surface area contributed by atoms with E-state index in [1.54, 1.807) is 19.2 Å². The summed E-state index contributed by atoms with van der Waals surface area (Å²) in [4.78, 5) is 20.6. The van der Waals surface area contributed by atoms with E-state index in [4.69, 9.17) is 9.47 Å². The van der Waals surface area contributed by atoms with Gasteiger partial charge in [-0.25, -0.2) is 4.98 Å². The Bertz CT molecular complexity index is 1430. The number of allylic oxidation sites excluding steroid dienone is 2. The quantitative estimate of drug-likeness (QED) is 0.309. The summed E-state index contributed by atoms with van der Waals surface area (Å²) in [6.07, 6.45) is 3.97. The van der Waals surface area contributed by atoms with Gasteiger partial charge in [-0.05, 0) is 61.3 Å². The van der Waals surface area contributed by atoms with E-state index in [2.05, 4.69) is 38.1 Å². The monoisotopic (exact) mass is 553 g/mol. The largest absolute Gasteiger partial charge is 0.496 e. The molecule has 40 heavy (non-hydrogen) atoms. The van der Waals surface area contributed by atoms with E-state index in [9.17, 15) is 18.0 Å². The van der Waals surface area contributed by atoms with E-state index >= 15 is 0 Å². The highest BCUT2D eigenvalue weighted by molar-refractivity contribution is 6.00. The summed E-state index contributed by atoms with van der Waals surface area (Å²) in [6, 6.07) is 10.2. The van der Waals surface area contributed by atoms with Gasteiger partial charge in [0.05, 0.1) is 25.0 Å². The number of methoxy groups -OCH3 is 1. The van der Waals surface area contributed by atoms with Crippen LogP contribution in [0.4, 0.5) is 36.3 Å². The molecule has 1 aliphatic carbocycles. The van der Waals surface area contributed by atoms with Crippen LogP contribution in [0.5, 0.6) is 11.5 Å². The lowest BCUT2D eigenvalue weighted by Crippen LogP contribution is -2.20. The third-order valence-electron chi connectivity index (χ3n) is 7.01. The van der Waals surface area contributed by atoms with Crippen LogP contribution in [0.1, 0.15) is 53.1 Å². The molecular formula is C29H30F3N5O3. The maximum atomic E-state index is 13.9. The van der Waals surface area contributed by atoms with Gasteiger partial charge in [-0.2, -0.15) is 18.2 Å². The number of alkyl halides is 3. The fraction of sp³-hybridized carbons (Fsp3) is 0.345. The second-order valence-corrected chi connectivity index (χ2v) is 9.75. The van der Waals surface area contributed by atoms with Gasteiger partial charge in [0, 0.05) is 31.1 Å². The molecule has 0 spiro atoms. The Morgan fingerprint density at radius 1 is 1.15 bits per heavy atom. The predicted molar refractivity (Wildman–Crippen MR) is 146 cm³/mol. The molecule has 1 amide bonds. The summed E-state index contributed by atoms with van der Waals surface area (Å²) in [7, 11) is 3.04. The number of aromatic nitrogens is 2. The number of nitrogens with one attached hydrogen (secondary N) is 3. The molecule has 210 valence electrons. The maximum Gasteiger partial charge on any atom is 0.421 e. The number of halogens is 3. The molecule has 2 aliphatic heterocycles. The van der Waals surface area contributed by atoms with Crippen LogP contribution in [0.15, 0.2) is 54.7 Å². The molecule has 3 aromatic rings. The Balaban J connectivity index is 1.56. The molecule has 3 heterocycles. The number of rotatable bonds is 2. The second-order valence-electron chi connectivity index (χ2n) is 9.75. The molecule has 6 rings (SSSR count). The zero-order valence-corrected chi connectivity index (χ0v) is 22.1. The Labute approximate surface area is 230 Å². The van der Waals surface area contributed by atoms with Crippen molar-refractivity contribution in [2.45, 2.75) is 37.8 Å². The van der Waals surface area contributed by atoms with Crippen molar-refractivity contribution in [2.24, 2.45) is 5.92 Å². The van der Waals surface area contributed by atoms with Gasteiger partial charge < -0.3 is 25.4 Å². The van der Waals surface area contributed by atoms with Gasteiger partial charge >= 0.3 is 6.18 Å². The number of ether oxygens (including phenoxy) is 2. The summed E-state index contributed by atoms with van der Waals surface area (Å²) >= 11 is 0. The van der Waals surface area contributed by atoms with Gasteiger partial charge in [0.2, 0.25) is 5.95 Å². The van der Waals surface area contributed by atoms with Gasteiger partial charge in [-0.3, -0.25) is 4.79 Å². The molecule has 2 aromatic carbocycles. The number of nitrogens with zero attached hydrogens (tertiary/aromatic N) is 2. The third kappa shape index (κ3) is 6.13. The first-order valence-electron chi connectivity index (χ1n) is 13.1. The number of fused-ring (bicyclic) bond motifs is 7. The van der Waals surface area contributed by atoms with Crippen LogP contribution in [0.25, 0.3) is 0 Å². The van der Waals surface area contributed by atoms with Gasteiger partial charge in [0.1, 0.15) is 22.9 Å². The molecule has 3 N–H and O–H groups in total. The number of carbonyl (C=O) groups excluding carboxylic acids is 1. The van der Waals surface area contributed by atoms with E-state index in [1.165, 1.54) is 19.2 Å². The number of benzene rings is 2. The molecule has 11 heteroatoms. The summed E-state index contributed by atoms with van der Waals surface area (Å²) in [5.41, 5.74) is 0.836. The second kappa shape index (κ2) is 11.4. The minimum Gasteiger partial charge on any atom is -0.496 e. The van der Waals surface area contributed by atoms with Gasteiger partial charge in [-0.1, -0.05) is 18.2 Å². The van der Waals surface area contributed by atoms with Crippen LogP contribution in [-0.2, 0) is 6.18 Å². The first kappa shape index (κ1) is 27.3. The van der Waals surface area contributed by atoms with Gasteiger partial charge in [0.15, 0.2) is 0 Å². The van der Waals surface area contributed by atoms with Crippen LogP contribution in [0.3, 0.4) is 0 Å². The molecular weight excluding hydrogens is 523 g/mol. The van der Waals surface area contributed by atoms with Crippen molar-refractivity contribution in [3.63, 3.8) is 0 Å². The molecule has 1 aromatic heterocycles. The third-order valence-corrected chi connectivity index (χ3v) is 7.01. The van der Waals surface area contributed by atoms with E-state index in [-0.39, 0.29) is 17.2 Å².